The summed E-state index contributed by atoms with van der Waals surface area (Å²) in [7, 11) is 1.71. The van der Waals surface area contributed by atoms with Crippen LogP contribution in [0.25, 0.3) is 0 Å². The first-order valence-electron chi connectivity index (χ1n) is 8.40. The second-order valence-corrected chi connectivity index (χ2v) is 5.72. The van der Waals surface area contributed by atoms with Crippen LogP contribution < -0.4 is 15.4 Å². The van der Waals surface area contributed by atoms with E-state index in [9.17, 15) is 0 Å². The fourth-order valence-electron chi connectivity index (χ4n) is 3.04. The summed E-state index contributed by atoms with van der Waals surface area (Å²) in [6.45, 7) is 7.04. The predicted octanol–water partition coefficient (Wildman–Crippen LogP) is 3.83. The molecule has 2 N–H and O–H groups in total. The standard InChI is InChI=1S/C20H28N2O/c1-4-22(5-2)18-12-10-16(11-13-18)14-17(15-21)19-8-6-7-9-20(19)23-3/h6-13,17H,4-5,14-15,21H2,1-3H3. The molecule has 0 spiro atoms. The maximum atomic E-state index is 6.03. The normalized spacial score (nSPS) is 12.0. The summed E-state index contributed by atoms with van der Waals surface area (Å²) in [4.78, 5) is 2.35. The molecule has 0 heterocycles. The molecule has 0 saturated heterocycles. The predicted molar refractivity (Wildman–Crippen MR) is 98.5 cm³/mol. The number of methoxy groups -OCH3 is 1. The van der Waals surface area contributed by atoms with Gasteiger partial charge in [-0.2, -0.15) is 0 Å². The van der Waals surface area contributed by atoms with Gasteiger partial charge in [-0.1, -0.05) is 30.3 Å². The lowest BCUT2D eigenvalue weighted by Crippen LogP contribution is -2.21. The molecular formula is C20H28N2O. The molecule has 0 bridgehead atoms. The van der Waals surface area contributed by atoms with Crippen molar-refractivity contribution >= 4 is 5.69 Å². The first-order valence-corrected chi connectivity index (χ1v) is 8.40. The van der Waals surface area contributed by atoms with E-state index in [1.807, 2.05) is 18.2 Å². The number of hydrogen-bond donors (Lipinski definition) is 1. The Labute approximate surface area is 140 Å². The van der Waals surface area contributed by atoms with Crippen molar-refractivity contribution < 1.29 is 4.74 Å². The summed E-state index contributed by atoms with van der Waals surface area (Å²) < 4.78 is 5.48. The minimum Gasteiger partial charge on any atom is -0.496 e. The lowest BCUT2D eigenvalue weighted by molar-refractivity contribution is 0.405. The van der Waals surface area contributed by atoms with Gasteiger partial charge >= 0.3 is 0 Å². The van der Waals surface area contributed by atoms with Crippen LogP contribution in [0.2, 0.25) is 0 Å². The molecule has 2 aromatic rings. The molecule has 124 valence electrons. The molecule has 0 aliphatic heterocycles. The van der Waals surface area contributed by atoms with Gasteiger partial charge in [0.25, 0.3) is 0 Å². The number of para-hydroxylation sites is 1. The van der Waals surface area contributed by atoms with Crippen molar-refractivity contribution in [1.82, 2.24) is 0 Å². The van der Waals surface area contributed by atoms with Crippen LogP contribution in [0.3, 0.4) is 0 Å². The number of rotatable bonds is 8. The number of benzene rings is 2. The van der Waals surface area contributed by atoms with E-state index in [0.29, 0.717) is 6.54 Å². The minimum atomic E-state index is 0.269. The van der Waals surface area contributed by atoms with Crippen LogP contribution in [0.1, 0.15) is 30.9 Å². The molecule has 0 fully saturated rings. The molecule has 23 heavy (non-hydrogen) atoms. The molecular weight excluding hydrogens is 284 g/mol. The second-order valence-electron chi connectivity index (χ2n) is 5.72. The van der Waals surface area contributed by atoms with E-state index in [2.05, 4.69) is 49.1 Å². The monoisotopic (exact) mass is 312 g/mol. The zero-order valence-electron chi connectivity index (χ0n) is 14.5. The van der Waals surface area contributed by atoms with Crippen molar-refractivity contribution in [2.75, 3.05) is 31.6 Å². The Bertz CT molecular complexity index is 591. The number of nitrogens with two attached hydrogens (primary N) is 1. The molecule has 1 unspecified atom stereocenters. The summed E-state index contributed by atoms with van der Waals surface area (Å²) in [5.74, 6) is 1.19. The van der Waals surface area contributed by atoms with Crippen LogP contribution in [-0.2, 0) is 6.42 Å². The Hall–Kier alpha value is -2.00. The molecule has 0 radical (unpaired) electrons. The van der Waals surface area contributed by atoms with E-state index in [1.54, 1.807) is 7.11 Å². The Kier molecular flexibility index (Phi) is 6.48. The zero-order chi connectivity index (χ0) is 16.7. The quantitative estimate of drug-likeness (QED) is 0.805. The van der Waals surface area contributed by atoms with Crippen molar-refractivity contribution in [3.63, 3.8) is 0 Å². The molecule has 0 amide bonds. The van der Waals surface area contributed by atoms with E-state index >= 15 is 0 Å². The third-order valence-corrected chi connectivity index (χ3v) is 4.41. The van der Waals surface area contributed by atoms with E-state index in [-0.39, 0.29) is 5.92 Å². The first-order chi connectivity index (χ1) is 11.2. The van der Waals surface area contributed by atoms with Gasteiger partial charge in [-0.15, -0.1) is 0 Å². The maximum Gasteiger partial charge on any atom is 0.122 e. The second kappa shape index (κ2) is 8.59. The van der Waals surface area contributed by atoms with Crippen molar-refractivity contribution in [3.8, 4) is 5.75 Å². The Balaban J connectivity index is 2.16. The topological polar surface area (TPSA) is 38.5 Å². The largest absolute Gasteiger partial charge is 0.496 e. The molecule has 0 aliphatic carbocycles. The Morgan fingerprint density at radius 3 is 2.22 bits per heavy atom. The summed E-state index contributed by atoms with van der Waals surface area (Å²) in [5.41, 5.74) is 9.80. The fourth-order valence-corrected chi connectivity index (χ4v) is 3.04. The van der Waals surface area contributed by atoms with Gasteiger partial charge in [-0.25, -0.2) is 0 Å². The molecule has 2 aromatic carbocycles. The van der Waals surface area contributed by atoms with Gasteiger partial charge in [0.2, 0.25) is 0 Å². The zero-order valence-corrected chi connectivity index (χ0v) is 14.5. The highest BCUT2D eigenvalue weighted by molar-refractivity contribution is 5.48. The lowest BCUT2D eigenvalue weighted by Gasteiger charge is -2.22. The highest BCUT2D eigenvalue weighted by Crippen LogP contribution is 2.29. The highest BCUT2D eigenvalue weighted by atomic mass is 16.5. The van der Waals surface area contributed by atoms with Crippen LogP contribution in [0.5, 0.6) is 5.75 Å². The van der Waals surface area contributed by atoms with Crippen LogP contribution in [0.4, 0.5) is 5.69 Å². The summed E-state index contributed by atoms with van der Waals surface area (Å²) in [6.07, 6.45) is 0.926. The van der Waals surface area contributed by atoms with Crippen molar-refractivity contribution in [2.24, 2.45) is 5.73 Å². The lowest BCUT2D eigenvalue weighted by atomic mass is 9.91. The number of hydrogen-bond acceptors (Lipinski definition) is 3. The van der Waals surface area contributed by atoms with Gasteiger partial charge < -0.3 is 15.4 Å². The molecule has 1 atom stereocenters. The Morgan fingerprint density at radius 1 is 1.00 bits per heavy atom. The van der Waals surface area contributed by atoms with E-state index in [4.69, 9.17) is 10.5 Å². The van der Waals surface area contributed by atoms with Crippen LogP contribution >= 0.6 is 0 Å². The average molecular weight is 312 g/mol. The van der Waals surface area contributed by atoms with Crippen LogP contribution in [0, 0.1) is 0 Å². The van der Waals surface area contributed by atoms with E-state index in [1.165, 1.54) is 16.8 Å². The maximum absolute atomic E-state index is 6.03. The van der Waals surface area contributed by atoms with E-state index < -0.39 is 0 Å². The first kappa shape index (κ1) is 17.4. The van der Waals surface area contributed by atoms with Gasteiger partial charge in [0.05, 0.1) is 7.11 Å². The van der Waals surface area contributed by atoms with Crippen LogP contribution in [-0.4, -0.2) is 26.7 Å². The average Bonchev–Trinajstić information content (AvgIpc) is 2.62. The number of ether oxygens (including phenoxy) is 1. The third-order valence-electron chi connectivity index (χ3n) is 4.41. The minimum absolute atomic E-state index is 0.269. The third kappa shape index (κ3) is 4.26. The molecule has 3 nitrogen and oxygen atoms in total. The summed E-state index contributed by atoms with van der Waals surface area (Å²) in [5, 5.41) is 0. The van der Waals surface area contributed by atoms with Gasteiger partial charge in [-0.3, -0.25) is 0 Å². The van der Waals surface area contributed by atoms with Crippen molar-refractivity contribution in [1.29, 1.82) is 0 Å². The van der Waals surface area contributed by atoms with Gasteiger partial charge in [-0.05, 0) is 56.1 Å². The van der Waals surface area contributed by atoms with Gasteiger partial charge in [0.1, 0.15) is 5.75 Å². The highest BCUT2D eigenvalue weighted by Gasteiger charge is 2.15. The number of nitrogens with zero attached hydrogens (tertiary/aromatic N) is 1. The van der Waals surface area contributed by atoms with Crippen molar-refractivity contribution in [2.45, 2.75) is 26.2 Å². The van der Waals surface area contributed by atoms with E-state index in [0.717, 1.165) is 25.3 Å². The number of anilines is 1. The fraction of sp³-hybridized carbons (Fsp3) is 0.400. The Morgan fingerprint density at radius 2 is 1.65 bits per heavy atom. The van der Waals surface area contributed by atoms with Crippen LogP contribution in [0.15, 0.2) is 48.5 Å². The molecule has 0 saturated carbocycles. The smallest absolute Gasteiger partial charge is 0.122 e. The SMILES string of the molecule is CCN(CC)c1ccc(CC(CN)c2ccccc2OC)cc1. The van der Waals surface area contributed by atoms with Crippen molar-refractivity contribution in [3.05, 3.63) is 59.7 Å². The summed E-state index contributed by atoms with van der Waals surface area (Å²) in [6, 6.07) is 17.0. The van der Waals surface area contributed by atoms with Gasteiger partial charge in [0, 0.05) is 24.7 Å². The van der Waals surface area contributed by atoms with Gasteiger partial charge in [0.15, 0.2) is 0 Å². The summed E-state index contributed by atoms with van der Waals surface area (Å²) >= 11 is 0. The molecule has 3 heteroatoms. The molecule has 2 rings (SSSR count). The molecule has 0 aliphatic rings. The molecule has 0 aromatic heterocycles.